The number of nitrogens with zero attached hydrogens (tertiary/aromatic N) is 3. The molecule has 128 valence electrons. The van der Waals surface area contributed by atoms with Crippen LogP contribution in [0.15, 0.2) is 54.7 Å². The number of aromatic nitrogens is 2. The van der Waals surface area contributed by atoms with E-state index < -0.39 is 0 Å². The molecular weight excluding hydrogens is 359 g/mol. The lowest BCUT2D eigenvalue weighted by Crippen LogP contribution is -2.17. The van der Waals surface area contributed by atoms with E-state index in [0.717, 1.165) is 11.4 Å². The summed E-state index contributed by atoms with van der Waals surface area (Å²) in [5, 5.41) is 8.34. The first-order valence-corrected chi connectivity index (χ1v) is 8.30. The van der Waals surface area contributed by atoms with Crippen LogP contribution < -0.4 is 10.2 Å². The summed E-state index contributed by atoms with van der Waals surface area (Å²) >= 11 is 12.2. The molecule has 3 aromatic rings. The van der Waals surface area contributed by atoms with Gasteiger partial charge in [-0.2, -0.15) is 5.10 Å². The zero-order valence-electron chi connectivity index (χ0n) is 13.7. The minimum absolute atomic E-state index is 0.296. The third kappa shape index (κ3) is 3.78. The van der Waals surface area contributed by atoms with E-state index in [0.29, 0.717) is 21.4 Å². The van der Waals surface area contributed by atoms with E-state index in [4.69, 9.17) is 23.2 Å². The number of para-hydroxylation sites is 1. The number of nitrogens with one attached hydrogen (secondary N) is 1. The largest absolute Gasteiger partial charge is 0.375 e. The Kier molecular flexibility index (Phi) is 4.97. The fourth-order valence-corrected chi connectivity index (χ4v) is 2.99. The summed E-state index contributed by atoms with van der Waals surface area (Å²) < 4.78 is 1.60. The predicted molar refractivity (Wildman–Crippen MR) is 102 cm³/mol. The Morgan fingerprint density at radius 1 is 1.12 bits per heavy atom. The van der Waals surface area contributed by atoms with Crippen LogP contribution in [0.1, 0.15) is 10.5 Å². The molecule has 2 aromatic carbocycles. The predicted octanol–water partition coefficient (Wildman–Crippen LogP) is 4.50. The molecule has 0 saturated heterocycles. The van der Waals surface area contributed by atoms with Crippen LogP contribution in [0.2, 0.25) is 10.0 Å². The molecule has 0 aliphatic heterocycles. The fraction of sp³-hybridized carbons (Fsp3) is 0.111. The van der Waals surface area contributed by atoms with E-state index in [1.807, 2.05) is 31.1 Å². The lowest BCUT2D eigenvalue weighted by molar-refractivity contribution is 0.102. The van der Waals surface area contributed by atoms with Crippen LogP contribution in [0.3, 0.4) is 0 Å². The van der Waals surface area contributed by atoms with Gasteiger partial charge in [-0.05, 0) is 36.4 Å². The summed E-state index contributed by atoms with van der Waals surface area (Å²) in [6.07, 6.45) is 1.71. The van der Waals surface area contributed by atoms with Crippen LogP contribution in [-0.2, 0) is 0 Å². The molecule has 0 atom stereocenters. The summed E-state index contributed by atoms with van der Waals surface area (Å²) in [5.41, 5.74) is 2.44. The van der Waals surface area contributed by atoms with E-state index >= 15 is 0 Å². The maximum Gasteiger partial charge on any atom is 0.276 e. The average Bonchev–Trinajstić information content (AvgIpc) is 3.04. The highest BCUT2D eigenvalue weighted by molar-refractivity contribution is 6.34. The summed E-state index contributed by atoms with van der Waals surface area (Å²) in [4.78, 5) is 14.4. The van der Waals surface area contributed by atoms with Gasteiger partial charge in [0.15, 0.2) is 5.69 Å². The van der Waals surface area contributed by atoms with Crippen molar-refractivity contribution in [3.05, 3.63) is 70.5 Å². The molecule has 0 bridgehead atoms. The molecule has 0 spiro atoms. The number of carbonyl (C=O) groups is 1. The lowest BCUT2D eigenvalue weighted by atomic mass is 10.2. The van der Waals surface area contributed by atoms with E-state index in [-0.39, 0.29) is 5.91 Å². The number of carbonyl (C=O) groups excluding carboxylic acids is 1. The van der Waals surface area contributed by atoms with Crippen molar-refractivity contribution < 1.29 is 4.79 Å². The van der Waals surface area contributed by atoms with Crippen LogP contribution in [0.4, 0.5) is 11.4 Å². The molecule has 0 aliphatic carbocycles. The molecular formula is C18H16Cl2N4O. The highest BCUT2D eigenvalue weighted by atomic mass is 35.5. The number of rotatable bonds is 4. The van der Waals surface area contributed by atoms with Crippen LogP contribution in [0.25, 0.3) is 5.69 Å². The Hall–Kier alpha value is -2.50. The SMILES string of the molecule is CN(C)c1c(Cl)cccc1NC(=O)c1ccn(-c2cccc(Cl)c2)n1. The van der Waals surface area contributed by atoms with Crippen LogP contribution in [-0.4, -0.2) is 29.8 Å². The quantitative estimate of drug-likeness (QED) is 0.731. The Bertz CT molecular complexity index is 921. The van der Waals surface area contributed by atoms with Crippen molar-refractivity contribution >= 4 is 40.5 Å². The van der Waals surface area contributed by atoms with Crippen LogP contribution >= 0.6 is 23.2 Å². The first-order valence-electron chi connectivity index (χ1n) is 7.54. The van der Waals surface area contributed by atoms with E-state index in [1.54, 1.807) is 47.3 Å². The zero-order chi connectivity index (χ0) is 18.0. The number of amides is 1. The van der Waals surface area contributed by atoms with Gasteiger partial charge >= 0.3 is 0 Å². The molecule has 7 heteroatoms. The Labute approximate surface area is 155 Å². The Morgan fingerprint density at radius 3 is 2.60 bits per heavy atom. The number of hydrogen-bond donors (Lipinski definition) is 1. The summed E-state index contributed by atoms with van der Waals surface area (Å²) in [6, 6.07) is 14.3. The monoisotopic (exact) mass is 374 g/mol. The maximum absolute atomic E-state index is 12.5. The average molecular weight is 375 g/mol. The third-order valence-electron chi connectivity index (χ3n) is 3.58. The molecule has 1 amide bonds. The van der Waals surface area contributed by atoms with Gasteiger partial charge in [0, 0.05) is 25.3 Å². The van der Waals surface area contributed by atoms with Crippen molar-refractivity contribution in [3.8, 4) is 5.69 Å². The van der Waals surface area contributed by atoms with E-state index in [9.17, 15) is 4.79 Å². The summed E-state index contributed by atoms with van der Waals surface area (Å²) in [6.45, 7) is 0. The zero-order valence-corrected chi connectivity index (χ0v) is 15.2. The van der Waals surface area contributed by atoms with Crippen molar-refractivity contribution in [3.63, 3.8) is 0 Å². The van der Waals surface area contributed by atoms with E-state index in [1.165, 1.54) is 0 Å². The van der Waals surface area contributed by atoms with Gasteiger partial charge in [0.05, 0.1) is 22.1 Å². The van der Waals surface area contributed by atoms with Crippen molar-refractivity contribution in [2.75, 3.05) is 24.3 Å². The molecule has 0 radical (unpaired) electrons. The number of hydrogen-bond acceptors (Lipinski definition) is 3. The van der Waals surface area contributed by atoms with Crippen LogP contribution in [0.5, 0.6) is 0 Å². The van der Waals surface area contributed by atoms with Gasteiger partial charge in [-0.1, -0.05) is 35.3 Å². The van der Waals surface area contributed by atoms with Gasteiger partial charge in [0.2, 0.25) is 0 Å². The molecule has 0 fully saturated rings. The number of benzene rings is 2. The normalized spacial score (nSPS) is 10.6. The first-order chi connectivity index (χ1) is 12.0. The second kappa shape index (κ2) is 7.17. The second-order valence-electron chi connectivity index (χ2n) is 5.61. The number of halogens is 2. The highest BCUT2D eigenvalue weighted by Crippen LogP contribution is 2.32. The Morgan fingerprint density at radius 2 is 1.88 bits per heavy atom. The lowest BCUT2D eigenvalue weighted by Gasteiger charge is -2.19. The molecule has 0 unspecified atom stereocenters. The molecule has 1 heterocycles. The van der Waals surface area contributed by atoms with Crippen molar-refractivity contribution in [2.45, 2.75) is 0 Å². The fourth-order valence-electron chi connectivity index (χ4n) is 2.46. The molecule has 3 rings (SSSR count). The van der Waals surface area contributed by atoms with Crippen molar-refractivity contribution in [1.82, 2.24) is 9.78 Å². The molecule has 0 aliphatic rings. The number of anilines is 2. The second-order valence-corrected chi connectivity index (χ2v) is 6.45. The summed E-state index contributed by atoms with van der Waals surface area (Å²) in [7, 11) is 3.73. The van der Waals surface area contributed by atoms with Crippen molar-refractivity contribution in [2.24, 2.45) is 0 Å². The van der Waals surface area contributed by atoms with Crippen molar-refractivity contribution in [1.29, 1.82) is 0 Å². The molecule has 25 heavy (non-hydrogen) atoms. The molecule has 1 aromatic heterocycles. The van der Waals surface area contributed by atoms with Gasteiger partial charge in [0.1, 0.15) is 0 Å². The Balaban J connectivity index is 1.85. The third-order valence-corrected chi connectivity index (χ3v) is 4.12. The minimum atomic E-state index is -0.314. The maximum atomic E-state index is 12.5. The topological polar surface area (TPSA) is 50.2 Å². The van der Waals surface area contributed by atoms with Crippen LogP contribution in [0, 0.1) is 0 Å². The standard InChI is InChI=1S/C18H16Cl2N4O/c1-23(2)17-14(20)7-4-8-15(17)21-18(25)16-9-10-24(22-16)13-6-3-5-12(19)11-13/h3-11H,1-2H3,(H,21,25). The minimum Gasteiger partial charge on any atom is -0.375 e. The van der Waals surface area contributed by atoms with Gasteiger partial charge in [-0.15, -0.1) is 0 Å². The van der Waals surface area contributed by atoms with Gasteiger partial charge in [-0.25, -0.2) is 4.68 Å². The smallest absolute Gasteiger partial charge is 0.276 e. The van der Waals surface area contributed by atoms with E-state index in [2.05, 4.69) is 10.4 Å². The van der Waals surface area contributed by atoms with Gasteiger partial charge in [0.25, 0.3) is 5.91 Å². The molecule has 5 nitrogen and oxygen atoms in total. The summed E-state index contributed by atoms with van der Waals surface area (Å²) in [5.74, 6) is -0.314. The molecule has 1 N–H and O–H groups in total. The van der Waals surface area contributed by atoms with Gasteiger partial charge < -0.3 is 10.2 Å². The van der Waals surface area contributed by atoms with Gasteiger partial charge in [-0.3, -0.25) is 4.79 Å². The molecule has 0 saturated carbocycles. The first kappa shape index (κ1) is 17.3. The highest BCUT2D eigenvalue weighted by Gasteiger charge is 2.15.